The number of aromatic nitrogens is 1. The molecule has 0 bridgehead atoms. The number of hydrogen-bond acceptors (Lipinski definition) is 5. The maximum Gasteiger partial charge on any atom is 0.326 e. The van der Waals surface area contributed by atoms with Crippen LogP contribution in [-0.4, -0.2) is 59.6 Å². The summed E-state index contributed by atoms with van der Waals surface area (Å²) >= 11 is 0. The van der Waals surface area contributed by atoms with Gasteiger partial charge in [0.25, 0.3) is 5.91 Å². The fourth-order valence-corrected chi connectivity index (χ4v) is 3.65. The molecule has 140 valence electrons. The minimum atomic E-state index is -1.01. The van der Waals surface area contributed by atoms with E-state index in [0.717, 1.165) is 37.6 Å². The van der Waals surface area contributed by atoms with Gasteiger partial charge in [0, 0.05) is 32.4 Å². The molecule has 1 atom stereocenters. The largest absolute Gasteiger partial charge is 0.354 e. The summed E-state index contributed by atoms with van der Waals surface area (Å²) in [5, 5.41) is 2.86. The fraction of sp³-hybridized carbons (Fsp3) is 0.350. The van der Waals surface area contributed by atoms with Crippen molar-refractivity contribution < 1.29 is 9.59 Å². The van der Waals surface area contributed by atoms with Crippen LogP contribution in [0.4, 0.5) is 10.6 Å². The second-order valence-corrected chi connectivity index (χ2v) is 7.09. The second kappa shape index (κ2) is 7.00. The van der Waals surface area contributed by atoms with Crippen molar-refractivity contribution in [2.45, 2.75) is 12.5 Å². The SMILES string of the molecule is C[C@]1(c2ccccc2)NC(=O)N(CN2CCN(c3ccccn3)CC2)C1=O. The van der Waals surface area contributed by atoms with Gasteiger partial charge in [0.1, 0.15) is 11.4 Å². The molecule has 2 fully saturated rings. The van der Waals surface area contributed by atoms with Crippen molar-refractivity contribution >= 4 is 17.8 Å². The van der Waals surface area contributed by atoms with Gasteiger partial charge in [0.15, 0.2) is 0 Å². The molecule has 1 aromatic heterocycles. The second-order valence-electron chi connectivity index (χ2n) is 7.09. The topological polar surface area (TPSA) is 68.8 Å². The summed E-state index contributed by atoms with van der Waals surface area (Å²) in [7, 11) is 0. The van der Waals surface area contributed by atoms with Gasteiger partial charge in [-0.05, 0) is 24.6 Å². The Balaban J connectivity index is 1.40. The van der Waals surface area contributed by atoms with Crippen LogP contribution in [0.15, 0.2) is 54.7 Å². The number of pyridine rings is 1. The first kappa shape index (κ1) is 17.5. The van der Waals surface area contributed by atoms with Crippen molar-refractivity contribution in [3.8, 4) is 0 Å². The summed E-state index contributed by atoms with van der Waals surface area (Å²) < 4.78 is 0. The van der Waals surface area contributed by atoms with E-state index in [0.29, 0.717) is 6.67 Å². The summed E-state index contributed by atoms with van der Waals surface area (Å²) in [5.74, 6) is 0.759. The van der Waals surface area contributed by atoms with Gasteiger partial charge < -0.3 is 10.2 Å². The molecule has 2 saturated heterocycles. The van der Waals surface area contributed by atoms with E-state index in [4.69, 9.17) is 0 Å². The minimum absolute atomic E-state index is 0.203. The molecule has 1 aromatic carbocycles. The number of piperazine rings is 1. The molecule has 1 N–H and O–H groups in total. The van der Waals surface area contributed by atoms with Gasteiger partial charge in [-0.2, -0.15) is 0 Å². The number of nitrogens with zero attached hydrogens (tertiary/aromatic N) is 4. The van der Waals surface area contributed by atoms with Crippen molar-refractivity contribution in [1.29, 1.82) is 0 Å². The van der Waals surface area contributed by atoms with Crippen LogP contribution in [0.1, 0.15) is 12.5 Å². The first-order valence-corrected chi connectivity index (χ1v) is 9.16. The number of benzene rings is 1. The molecule has 2 aromatic rings. The summed E-state index contributed by atoms with van der Waals surface area (Å²) in [6, 6.07) is 14.9. The Morgan fingerprint density at radius 1 is 1.00 bits per heavy atom. The maximum atomic E-state index is 13.0. The van der Waals surface area contributed by atoms with Crippen LogP contribution in [0.5, 0.6) is 0 Å². The van der Waals surface area contributed by atoms with Gasteiger partial charge in [-0.25, -0.2) is 14.7 Å². The lowest BCUT2D eigenvalue weighted by molar-refractivity contribution is -0.132. The number of amides is 3. The number of hydrogen-bond donors (Lipinski definition) is 1. The lowest BCUT2D eigenvalue weighted by Crippen LogP contribution is -2.51. The molecule has 0 saturated carbocycles. The lowest BCUT2D eigenvalue weighted by Gasteiger charge is -2.36. The number of urea groups is 1. The smallest absolute Gasteiger partial charge is 0.326 e. The average Bonchev–Trinajstić information content (AvgIpc) is 2.94. The Kier molecular flexibility index (Phi) is 4.53. The van der Waals surface area contributed by atoms with Crippen LogP contribution in [0, 0.1) is 0 Å². The molecule has 7 heteroatoms. The van der Waals surface area contributed by atoms with Crippen LogP contribution in [0.3, 0.4) is 0 Å². The van der Waals surface area contributed by atoms with Gasteiger partial charge in [0.2, 0.25) is 0 Å². The Bertz CT molecular complexity index is 821. The van der Waals surface area contributed by atoms with E-state index in [1.165, 1.54) is 4.90 Å². The van der Waals surface area contributed by atoms with Crippen LogP contribution in [0.2, 0.25) is 0 Å². The standard InChI is InChI=1S/C20H23N5O2/c1-20(16-7-3-2-4-8-16)18(26)25(19(27)22-20)15-23-11-13-24(14-12-23)17-9-5-6-10-21-17/h2-10H,11-15H2,1H3,(H,22,27)/t20-/m1/s1. The monoisotopic (exact) mass is 365 g/mol. The van der Waals surface area contributed by atoms with E-state index in [1.54, 1.807) is 13.1 Å². The third-order valence-corrected chi connectivity index (χ3v) is 5.31. The third kappa shape index (κ3) is 3.26. The lowest BCUT2D eigenvalue weighted by atomic mass is 9.92. The van der Waals surface area contributed by atoms with Crippen LogP contribution < -0.4 is 10.2 Å². The zero-order chi connectivity index (χ0) is 18.9. The first-order valence-electron chi connectivity index (χ1n) is 9.16. The number of rotatable bonds is 4. The van der Waals surface area contributed by atoms with Gasteiger partial charge >= 0.3 is 6.03 Å². The molecular formula is C20H23N5O2. The maximum absolute atomic E-state index is 13.0. The Hall–Kier alpha value is -2.93. The molecule has 7 nitrogen and oxygen atoms in total. The molecule has 27 heavy (non-hydrogen) atoms. The van der Waals surface area contributed by atoms with Crippen molar-refractivity contribution in [3.63, 3.8) is 0 Å². The number of carbonyl (C=O) groups is 2. The highest BCUT2D eigenvalue weighted by atomic mass is 16.2. The van der Waals surface area contributed by atoms with Crippen molar-refractivity contribution in [2.24, 2.45) is 0 Å². The molecule has 2 aliphatic heterocycles. The highest BCUT2D eigenvalue weighted by Crippen LogP contribution is 2.28. The molecule has 0 unspecified atom stereocenters. The summed E-state index contributed by atoms with van der Waals surface area (Å²) in [6.07, 6.45) is 1.79. The molecule has 0 aliphatic carbocycles. The van der Waals surface area contributed by atoms with E-state index in [-0.39, 0.29) is 11.9 Å². The van der Waals surface area contributed by atoms with E-state index < -0.39 is 5.54 Å². The van der Waals surface area contributed by atoms with Crippen LogP contribution in [0.25, 0.3) is 0 Å². The predicted molar refractivity (Wildman–Crippen MR) is 102 cm³/mol. The Labute approximate surface area is 158 Å². The number of imide groups is 1. The predicted octanol–water partition coefficient (Wildman–Crippen LogP) is 1.63. The first-order chi connectivity index (χ1) is 13.1. The molecular weight excluding hydrogens is 342 g/mol. The van der Waals surface area contributed by atoms with E-state index >= 15 is 0 Å². The van der Waals surface area contributed by atoms with Crippen molar-refractivity contribution in [3.05, 3.63) is 60.3 Å². The Morgan fingerprint density at radius 3 is 2.37 bits per heavy atom. The fourth-order valence-electron chi connectivity index (χ4n) is 3.65. The highest BCUT2D eigenvalue weighted by Gasteiger charge is 2.49. The Morgan fingerprint density at radius 2 is 1.70 bits per heavy atom. The van der Waals surface area contributed by atoms with E-state index in [9.17, 15) is 9.59 Å². The highest BCUT2D eigenvalue weighted by molar-refractivity contribution is 6.07. The minimum Gasteiger partial charge on any atom is -0.354 e. The van der Waals surface area contributed by atoms with Gasteiger partial charge in [-0.15, -0.1) is 0 Å². The molecule has 3 heterocycles. The number of nitrogens with one attached hydrogen (secondary N) is 1. The van der Waals surface area contributed by atoms with Crippen molar-refractivity contribution in [1.82, 2.24) is 20.1 Å². The summed E-state index contributed by atoms with van der Waals surface area (Å²) in [6.45, 7) is 5.25. The normalized spacial score (nSPS) is 23.6. The zero-order valence-electron chi connectivity index (χ0n) is 15.3. The molecule has 2 aliphatic rings. The van der Waals surface area contributed by atoms with Crippen LogP contribution >= 0.6 is 0 Å². The summed E-state index contributed by atoms with van der Waals surface area (Å²) in [4.78, 5) is 35.5. The third-order valence-electron chi connectivity index (χ3n) is 5.31. The van der Waals surface area contributed by atoms with E-state index in [1.807, 2.05) is 48.5 Å². The molecule has 4 rings (SSSR count). The summed E-state index contributed by atoms with van der Waals surface area (Å²) in [5.41, 5.74) is -0.209. The van der Waals surface area contributed by atoms with Gasteiger partial charge in [-0.1, -0.05) is 36.4 Å². The molecule has 3 amide bonds. The van der Waals surface area contributed by atoms with Crippen molar-refractivity contribution in [2.75, 3.05) is 37.7 Å². The number of carbonyl (C=O) groups excluding carboxylic acids is 2. The van der Waals surface area contributed by atoms with E-state index in [2.05, 4.69) is 20.1 Å². The zero-order valence-corrected chi connectivity index (χ0v) is 15.3. The average molecular weight is 365 g/mol. The van der Waals surface area contributed by atoms with Gasteiger partial charge in [-0.3, -0.25) is 9.69 Å². The molecule has 0 radical (unpaired) electrons. The number of anilines is 1. The quantitative estimate of drug-likeness (QED) is 0.834. The van der Waals surface area contributed by atoms with Gasteiger partial charge in [0.05, 0.1) is 6.67 Å². The molecule has 0 spiro atoms. The van der Waals surface area contributed by atoms with Crippen LogP contribution in [-0.2, 0) is 10.3 Å².